The van der Waals surface area contributed by atoms with Crippen molar-refractivity contribution in [2.45, 2.75) is 20.4 Å². The Labute approximate surface area is 158 Å². The van der Waals surface area contributed by atoms with Gasteiger partial charge in [0.2, 0.25) is 0 Å². The number of hydrogen-bond acceptors (Lipinski definition) is 3. The van der Waals surface area contributed by atoms with E-state index in [1.807, 2.05) is 62.4 Å². The first-order chi connectivity index (χ1) is 13.0. The summed E-state index contributed by atoms with van der Waals surface area (Å²) in [6, 6.07) is 18.5. The van der Waals surface area contributed by atoms with E-state index in [0.29, 0.717) is 17.8 Å². The monoisotopic (exact) mass is 359 g/mol. The van der Waals surface area contributed by atoms with E-state index in [0.717, 1.165) is 16.7 Å². The van der Waals surface area contributed by atoms with E-state index in [9.17, 15) is 9.59 Å². The van der Waals surface area contributed by atoms with Gasteiger partial charge in [0.25, 0.3) is 11.8 Å². The molecule has 1 aromatic heterocycles. The Morgan fingerprint density at radius 2 is 1.74 bits per heavy atom. The summed E-state index contributed by atoms with van der Waals surface area (Å²) in [5.41, 5.74) is 4.50. The SMILES string of the molecule is Cc1cccc(NC(=O)c2cc(C(=O)NCc3ccccc3C)ccn2)c1. The molecule has 1 heterocycles. The average Bonchev–Trinajstić information content (AvgIpc) is 2.67. The lowest BCUT2D eigenvalue weighted by Crippen LogP contribution is -2.24. The molecule has 136 valence electrons. The van der Waals surface area contributed by atoms with Crippen molar-refractivity contribution in [2.75, 3.05) is 5.32 Å². The normalized spacial score (nSPS) is 10.3. The molecular weight excluding hydrogens is 338 g/mol. The molecule has 5 heteroatoms. The fourth-order valence-electron chi connectivity index (χ4n) is 2.70. The van der Waals surface area contributed by atoms with Crippen LogP contribution in [-0.2, 0) is 6.54 Å². The smallest absolute Gasteiger partial charge is 0.274 e. The van der Waals surface area contributed by atoms with Crippen LogP contribution in [-0.4, -0.2) is 16.8 Å². The predicted molar refractivity (Wildman–Crippen MR) is 106 cm³/mol. The second-order valence-electron chi connectivity index (χ2n) is 6.36. The number of pyridine rings is 1. The minimum Gasteiger partial charge on any atom is -0.348 e. The quantitative estimate of drug-likeness (QED) is 0.726. The predicted octanol–water partition coefficient (Wildman–Crippen LogP) is 3.88. The van der Waals surface area contributed by atoms with Gasteiger partial charge in [0, 0.05) is 24.0 Å². The van der Waals surface area contributed by atoms with Gasteiger partial charge in [0.15, 0.2) is 0 Å². The molecule has 0 atom stereocenters. The molecule has 0 spiro atoms. The van der Waals surface area contributed by atoms with Gasteiger partial charge in [-0.2, -0.15) is 0 Å². The molecular formula is C22H21N3O2. The summed E-state index contributed by atoms with van der Waals surface area (Å²) >= 11 is 0. The number of carbonyl (C=O) groups is 2. The molecule has 3 rings (SSSR count). The number of anilines is 1. The molecule has 0 fully saturated rings. The number of amides is 2. The zero-order chi connectivity index (χ0) is 19.2. The number of carbonyl (C=O) groups excluding carboxylic acids is 2. The first-order valence-corrected chi connectivity index (χ1v) is 8.70. The molecule has 0 saturated carbocycles. The molecule has 0 aliphatic heterocycles. The van der Waals surface area contributed by atoms with Crippen molar-refractivity contribution in [3.05, 3.63) is 94.8 Å². The molecule has 2 amide bonds. The van der Waals surface area contributed by atoms with Crippen molar-refractivity contribution in [1.82, 2.24) is 10.3 Å². The number of nitrogens with one attached hydrogen (secondary N) is 2. The van der Waals surface area contributed by atoms with E-state index in [4.69, 9.17) is 0 Å². The van der Waals surface area contributed by atoms with Crippen molar-refractivity contribution in [1.29, 1.82) is 0 Å². The van der Waals surface area contributed by atoms with Crippen molar-refractivity contribution in [3.8, 4) is 0 Å². The molecule has 0 bridgehead atoms. The lowest BCUT2D eigenvalue weighted by atomic mass is 10.1. The van der Waals surface area contributed by atoms with Gasteiger partial charge in [0.05, 0.1) is 0 Å². The van der Waals surface area contributed by atoms with E-state index in [-0.39, 0.29) is 17.5 Å². The number of benzene rings is 2. The largest absolute Gasteiger partial charge is 0.348 e. The first-order valence-electron chi connectivity index (χ1n) is 8.70. The number of rotatable bonds is 5. The number of aromatic nitrogens is 1. The van der Waals surface area contributed by atoms with Gasteiger partial charge in [-0.1, -0.05) is 36.4 Å². The Hall–Kier alpha value is -3.47. The topological polar surface area (TPSA) is 71.1 Å². The Morgan fingerprint density at radius 3 is 2.52 bits per heavy atom. The van der Waals surface area contributed by atoms with Crippen molar-refractivity contribution in [2.24, 2.45) is 0 Å². The summed E-state index contributed by atoms with van der Waals surface area (Å²) in [6.45, 7) is 4.38. The van der Waals surface area contributed by atoms with Crippen LogP contribution in [0.15, 0.2) is 66.9 Å². The molecule has 27 heavy (non-hydrogen) atoms. The van der Waals surface area contributed by atoms with Crippen molar-refractivity contribution < 1.29 is 9.59 Å². The molecule has 2 aromatic carbocycles. The number of hydrogen-bond donors (Lipinski definition) is 2. The van der Waals surface area contributed by atoms with Crippen LogP contribution in [0, 0.1) is 13.8 Å². The van der Waals surface area contributed by atoms with Gasteiger partial charge >= 0.3 is 0 Å². The lowest BCUT2D eigenvalue weighted by molar-refractivity contribution is 0.0950. The number of aryl methyl sites for hydroxylation is 2. The molecule has 0 saturated heterocycles. The van der Waals surface area contributed by atoms with E-state index in [1.165, 1.54) is 12.3 Å². The van der Waals surface area contributed by atoms with Crippen LogP contribution in [0.1, 0.15) is 37.5 Å². The molecule has 0 aliphatic carbocycles. The van der Waals surface area contributed by atoms with Gasteiger partial charge < -0.3 is 10.6 Å². The van der Waals surface area contributed by atoms with Crippen LogP contribution in [0.3, 0.4) is 0 Å². The third kappa shape index (κ3) is 4.79. The van der Waals surface area contributed by atoms with E-state index in [1.54, 1.807) is 6.07 Å². The van der Waals surface area contributed by atoms with Gasteiger partial charge in [-0.15, -0.1) is 0 Å². The van der Waals surface area contributed by atoms with Gasteiger partial charge in [-0.3, -0.25) is 14.6 Å². The molecule has 3 aromatic rings. The molecule has 0 unspecified atom stereocenters. The van der Waals surface area contributed by atoms with Gasteiger partial charge in [-0.05, 0) is 54.8 Å². The summed E-state index contributed by atoms with van der Waals surface area (Å²) in [7, 11) is 0. The molecule has 2 N–H and O–H groups in total. The minimum absolute atomic E-state index is 0.194. The summed E-state index contributed by atoms with van der Waals surface area (Å²) in [5, 5.41) is 5.68. The fourth-order valence-corrected chi connectivity index (χ4v) is 2.70. The van der Waals surface area contributed by atoms with Gasteiger partial charge in [-0.25, -0.2) is 0 Å². The lowest BCUT2D eigenvalue weighted by Gasteiger charge is -2.09. The van der Waals surface area contributed by atoms with Crippen LogP contribution in [0.25, 0.3) is 0 Å². The molecule has 0 aliphatic rings. The average molecular weight is 359 g/mol. The maximum atomic E-state index is 12.4. The maximum absolute atomic E-state index is 12.4. The Morgan fingerprint density at radius 1 is 0.926 bits per heavy atom. The summed E-state index contributed by atoms with van der Waals surface area (Å²) in [6.07, 6.45) is 1.47. The van der Waals surface area contributed by atoms with E-state index >= 15 is 0 Å². The third-order valence-electron chi connectivity index (χ3n) is 4.23. The molecule has 5 nitrogen and oxygen atoms in total. The van der Waals surface area contributed by atoms with Crippen LogP contribution >= 0.6 is 0 Å². The summed E-state index contributed by atoms with van der Waals surface area (Å²) in [4.78, 5) is 28.9. The number of nitrogens with zero attached hydrogens (tertiary/aromatic N) is 1. The highest BCUT2D eigenvalue weighted by Crippen LogP contribution is 2.12. The Bertz CT molecular complexity index is 983. The highest BCUT2D eigenvalue weighted by Gasteiger charge is 2.12. The highest BCUT2D eigenvalue weighted by molar-refractivity contribution is 6.04. The van der Waals surface area contributed by atoms with Crippen molar-refractivity contribution >= 4 is 17.5 Å². The standard InChI is InChI=1S/C22H21N3O2/c1-15-6-5-9-19(12-15)25-22(27)20-13-17(10-11-23-20)21(26)24-14-18-8-4-3-7-16(18)2/h3-13H,14H2,1-2H3,(H,24,26)(H,25,27). The van der Waals surface area contributed by atoms with Crippen LogP contribution in [0.5, 0.6) is 0 Å². The van der Waals surface area contributed by atoms with E-state index < -0.39 is 0 Å². The Balaban J connectivity index is 1.68. The second kappa shape index (κ2) is 8.27. The highest BCUT2D eigenvalue weighted by atomic mass is 16.2. The van der Waals surface area contributed by atoms with Crippen LogP contribution in [0.4, 0.5) is 5.69 Å². The molecule has 0 radical (unpaired) electrons. The fraction of sp³-hybridized carbons (Fsp3) is 0.136. The summed E-state index contributed by atoms with van der Waals surface area (Å²) < 4.78 is 0. The van der Waals surface area contributed by atoms with Crippen molar-refractivity contribution in [3.63, 3.8) is 0 Å². The summed E-state index contributed by atoms with van der Waals surface area (Å²) in [5.74, 6) is -0.598. The second-order valence-corrected chi connectivity index (χ2v) is 6.36. The zero-order valence-corrected chi connectivity index (χ0v) is 15.3. The van der Waals surface area contributed by atoms with Crippen LogP contribution < -0.4 is 10.6 Å². The van der Waals surface area contributed by atoms with E-state index in [2.05, 4.69) is 15.6 Å². The third-order valence-corrected chi connectivity index (χ3v) is 4.23. The van der Waals surface area contributed by atoms with Crippen LogP contribution in [0.2, 0.25) is 0 Å². The zero-order valence-electron chi connectivity index (χ0n) is 15.3. The maximum Gasteiger partial charge on any atom is 0.274 e. The minimum atomic E-state index is -0.353. The Kier molecular flexibility index (Phi) is 5.61. The first kappa shape index (κ1) is 18.3. The van der Waals surface area contributed by atoms with Gasteiger partial charge in [0.1, 0.15) is 5.69 Å².